The van der Waals surface area contributed by atoms with Gasteiger partial charge in [-0.05, 0) is 129 Å². The van der Waals surface area contributed by atoms with Crippen LogP contribution in [0, 0.1) is 5.92 Å². The number of amides is 7. The van der Waals surface area contributed by atoms with Gasteiger partial charge in [-0.15, -0.1) is 0 Å². The van der Waals surface area contributed by atoms with Gasteiger partial charge in [0.2, 0.25) is 35.4 Å². The van der Waals surface area contributed by atoms with Crippen molar-refractivity contribution >= 4 is 96.1 Å². The number of carbonyl (C=O) groups excluding carboxylic acids is 8. The van der Waals surface area contributed by atoms with Crippen LogP contribution in [0.2, 0.25) is 0 Å². The van der Waals surface area contributed by atoms with Crippen molar-refractivity contribution in [2.75, 3.05) is 30.3 Å². The van der Waals surface area contributed by atoms with Crippen molar-refractivity contribution in [2.45, 2.75) is 132 Å². The number of unbranched alkanes of at least 4 members (excludes halogenated alkanes) is 1. The van der Waals surface area contributed by atoms with Crippen molar-refractivity contribution in [1.29, 1.82) is 0 Å². The number of pyridine rings is 1. The molecule has 0 unspecified atom stereocenters. The zero-order valence-electron chi connectivity index (χ0n) is 46.9. The summed E-state index contributed by atoms with van der Waals surface area (Å²) in [6.45, 7) is 6.81. The number of rotatable bonds is 20. The number of hydrogen-bond acceptors (Lipinski definition) is 17. The van der Waals surface area contributed by atoms with E-state index in [0.717, 1.165) is 48.9 Å². The maximum absolute atomic E-state index is 15.0. The van der Waals surface area contributed by atoms with Crippen LogP contribution in [0.5, 0.6) is 5.75 Å². The summed E-state index contributed by atoms with van der Waals surface area (Å²) >= 11 is 0. The SMILES string of the molecule is C[C@@H](O)[C@@H]1NC(=O)[C@H](CCCCNC(=O)OC(C)(C)C)NC(=O)[C@@H](CC2=CCc3ccccc32)NC(=O)[C@H](Cc2ccc(O)cc2)CC(=O)[C@@H](NC(=O)[C@H](N)Cc2ccccc2)CSSC[C@@H](C(=O)NCCSSc2ccccn2)NC1=O. The number of aliphatic hydroxyl groups excluding tert-OH is 1. The monoisotopic (exact) mass is 1210 g/mol. The summed E-state index contributed by atoms with van der Waals surface area (Å²) in [5.41, 5.74) is 9.67. The van der Waals surface area contributed by atoms with Crippen molar-refractivity contribution in [2.24, 2.45) is 11.7 Å². The summed E-state index contributed by atoms with van der Waals surface area (Å²) in [6, 6.07) is 20.4. The lowest BCUT2D eigenvalue weighted by Gasteiger charge is -2.29. The molecule has 6 rings (SSSR count). The number of aromatic nitrogens is 1. The van der Waals surface area contributed by atoms with E-state index >= 15 is 4.79 Å². The van der Waals surface area contributed by atoms with E-state index in [1.165, 1.54) is 40.6 Å². The molecule has 11 N–H and O–H groups in total. The molecule has 1 saturated heterocycles. The fourth-order valence-corrected chi connectivity index (χ4v) is 13.1. The molecule has 3 aromatic carbocycles. The molecular weight excluding hydrogens is 1140 g/mol. The number of benzene rings is 3. The van der Waals surface area contributed by atoms with E-state index in [1.54, 1.807) is 45.2 Å². The Morgan fingerprint density at radius 2 is 1.48 bits per heavy atom. The van der Waals surface area contributed by atoms with Gasteiger partial charge in [0.1, 0.15) is 40.5 Å². The fourth-order valence-electron chi connectivity index (χ4n) is 8.97. The van der Waals surface area contributed by atoms with E-state index in [2.05, 4.69) is 42.2 Å². The number of carbonyl (C=O) groups is 8. The Bertz CT molecular complexity index is 2860. The van der Waals surface area contributed by atoms with Gasteiger partial charge >= 0.3 is 6.09 Å². The molecule has 2 heterocycles. The second kappa shape index (κ2) is 33.1. The summed E-state index contributed by atoms with van der Waals surface area (Å²) < 4.78 is 5.36. The lowest BCUT2D eigenvalue weighted by molar-refractivity contribution is -0.136. The Morgan fingerprint density at radius 3 is 2.20 bits per heavy atom. The summed E-state index contributed by atoms with van der Waals surface area (Å²) in [4.78, 5) is 119. The average Bonchev–Trinajstić information content (AvgIpc) is 3.96. The molecule has 83 heavy (non-hydrogen) atoms. The van der Waals surface area contributed by atoms with Gasteiger partial charge < -0.3 is 57.9 Å². The maximum atomic E-state index is 15.0. The molecular formula is C59H75N9O11S4. The Kier molecular flexibility index (Phi) is 26.1. The molecule has 1 aliphatic heterocycles. The predicted molar refractivity (Wildman–Crippen MR) is 326 cm³/mol. The Balaban J connectivity index is 1.34. The molecule has 4 aromatic rings. The largest absolute Gasteiger partial charge is 0.508 e. The smallest absolute Gasteiger partial charge is 0.407 e. The van der Waals surface area contributed by atoms with Gasteiger partial charge in [0.05, 0.1) is 18.2 Å². The van der Waals surface area contributed by atoms with E-state index in [0.29, 0.717) is 24.2 Å². The molecule has 8 atom stereocenters. The summed E-state index contributed by atoms with van der Waals surface area (Å²) in [7, 11) is 5.12. The van der Waals surface area contributed by atoms with E-state index in [9.17, 15) is 43.8 Å². The predicted octanol–water partition coefficient (Wildman–Crippen LogP) is 4.96. The Morgan fingerprint density at radius 1 is 0.783 bits per heavy atom. The molecule has 24 heteroatoms. The number of aromatic hydroxyl groups is 1. The highest BCUT2D eigenvalue weighted by Gasteiger charge is 2.37. The molecule has 20 nitrogen and oxygen atoms in total. The molecule has 1 aliphatic carbocycles. The number of nitrogens with zero attached hydrogens (tertiary/aromatic N) is 1. The second-order valence-electron chi connectivity index (χ2n) is 21.2. The lowest BCUT2D eigenvalue weighted by atomic mass is 9.90. The molecule has 0 saturated carbocycles. The Labute approximate surface area is 500 Å². The van der Waals surface area contributed by atoms with Crippen LogP contribution in [0.4, 0.5) is 4.79 Å². The number of nitrogens with one attached hydrogen (secondary N) is 7. The Hall–Kier alpha value is -6.57. The number of alkyl carbamates (subject to hydrolysis) is 1. The first kappa shape index (κ1) is 65.6. The van der Waals surface area contributed by atoms with Gasteiger partial charge in [0.15, 0.2) is 5.78 Å². The molecule has 1 fully saturated rings. The van der Waals surface area contributed by atoms with Gasteiger partial charge in [-0.2, -0.15) is 0 Å². The highest BCUT2D eigenvalue weighted by atomic mass is 33.1. The van der Waals surface area contributed by atoms with Crippen LogP contribution in [0.25, 0.3) is 5.57 Å². The molecule has 2 aliphatic rings. The first-order valence-corrected chi connectivity index (χ1v) is 32.3. The number of ketones is 1. The van der Waals surface area contributed by atoms with Crippen LogP contribution in [0.1, 0.15) is 82.1 Å². The van der Waals surface area contributed by atoms with Crippen LogP contribution in [0.3, 0.4) is 0 Å². The topological polar surface area (TPSA) is 309 Å². The van der Waals surface area contributed by atoms with Crippen LogP contribution >= 0.6 is 43.2 Å². The van der Waals surface area contributed by atoms with Gasteiger partial charge in [-0.25, -0.2) is 9.78 Å². The van der Waals surface area contributed by atoms with Crippen LogP contribution < -0.4 is 43.0 Å². The highest BCUT2D eigenvalue weighted by Crippen LogP contribution is 2.32. The number of nitrogens with two attached hydrogens (primary N) is 1. The van der Waals surface area contributed by atoms with Gasteiger partial charge in [-0.1, -0.05) is 111 Å². The van der Waals surface area contributed by atoms with E-state index in [4.69, 9.17) is 10.5 Å². The van der Waals surface area contributed by atoms with Crippen molar-refractivity contribution in [3.8, 4) is 5.75 Å². The number of hydrogen-bond donors (Lipinski definition) is 10. The number of phenolic OH excluding ortho intramolecular Hbond substituents is 1. The van der Waals surface area contributed by atoms with E-state index in [1.807, 2.05) is 72.8 Å². The fraction of sp³-hybridized carbons (Fsp3) is 0.441. The standard InChI is InChI=1S/C59H75N9O11S4/c1-36(69)51-57(77)67-48(54(74)62-28-29-80-83-50-19-11-13-26-61-50)35-82-81-34-47(66-53(73)44(60)31-37-14-6-5-7-15-37)49(71)33-41(30-38-20-24-42(70)25-21-38)52(72)65-46(32-40-23-22-39-16-8-9-17-43(39)40)56(76)64-45(55(75)68-51)18-10-12-27-63-58(78)79-59(2,3)4/h5-9,11,13-17,19-21,23-26,36,41,44-48,51,69-70H,10,12,18,22,27-35,60H2,1-4H3,(H,62,74)(H,63,78)(H,64,76)(H,65,72)(H,66,73)(H,67,77)(H,68,75)/t36-,41-,44-,45+,46-,47+,48+,51+/m1/s1. The highest BCUT2D eigenvalue weighted by molar-refractivity contribution is 8.77. The molecule has 0 spiro atoms. The first-order valence-electron chi connectivity index (χ1n) is 27.5. The zero-order chi connectivity index (χ0) is 59.9. The first-order chi connectivity index (χ1) is 39.7. The number of Topliss-reactive ketones (excluding diaryl/α,β-unsaturated/α-hetero) is 1. The molecule has 7 amide bonds. The van der Waals surface area contributed by atoms with Crippen molar-refractivity contribution in [3.63, 3.8) is 0 Å². The summed E-state index contributed by atoms with van der Waals surface area (Å²) in [6.07, 6.45) is 2.19. The zero-order valence-corrected chi connectivity index (χ0v) is 50.2. The minimum Gasteiger partial charge on any atom is -0.508 e. The number of fused-ring (bicyclic) bond motifs is 1. The quantitative estimate of drug-likeness (QED) is 0.0413. The third-order valence-corrected chi connectivity index (χ3v) is 18.0. The van der Waals surface area contributed by atoms with Crippen LogP contribution in [-0.4, -0.2) is 141 Å². The minimum absolute atomic E-state index is 0.0249. The minimum atomic E-state index is -1.65. The van der Waals surface area contributed by atoms with E-state index in [-0.39, 0.29) is 62.4 Å². The molecule has 1 aromatic heterocycles. The van der Waals surface area contributed by atoms with Gasteiger partial charge in [0.25, 0.3) is 0 Å². The van der Waals surface area contributed by atoms with Crippen molar-refractivity contribution in [3.05, 3.63) is 132 Å². The van der Waals surface area contributed by atoms with Crippen molar-refractivity contribution < 1.29 is 53.3 Å². The number of aliphatic hydroxyl groups is 1. The summed E-state index contributed by atoms with van der Waals surface area (Å²) in [5.74, 6) is -5.88. The normalized spacial score (nSPS) is 21.1. The second-order valence-corrected chi connectivity index (χ2v) is 26.1. The maximum Gasteiger partial charge on any atom is 0.407 e. The van der Waals surface area contributed by atoms with Crippen LogP contribution in [0.15, 0.2) is 114 Å². The van der Waals surface area contributed by atoms with Crippen molar-refractivity contribution in [1.82, 2.24) is 42.2 Å². The van der Waals surface area contributed by atoms with Gasteiger partial charge in [0, 0.05) is 55.3 Å². The number of phenols is 1. The van der Waals surface area contributed by atoms with Crippen LogP contribution in [-0.2, 0) is 57.6 Å². The summed E-state index contributed by atoms with van der Waals surface area (Å²) in [5, 5.41) is 41.5. The molecule has 446 valence electrons. The molecule has 0 radical (unpaired) electrons. The van der Waals surface area contributed by atoms with Gasteiger partial charge in [-0.3, -0.25) is 33.6 Å². The third kappa shape index (κ3) is 22.2. The average molecular weight is 1210 g/mol. The lowest BCUT2D eigenvalue weighted by Crippen LogP contribution is -2.61. The number of ether oxygens (including phenoxy) is 1. The van der Waals surface area contributed by atoms with E-state index < -0.39 is 108 Å². The third-order valence-electron chi connectivity index (χ3n) is 13.3. The molecule has 0 bridgehead atoms. The number of allylic oxidation sites excluding steroid dienone is 1.